The van der Waals surface area contributed by atoms with E-state index in [4.69, 9.17) is 4.74 Å². The Labute approximate surface area is 95.8 Å². The molecule has 1 atom stereocenters. The van der Waals surface area contributed by atoms with Crippen molar-refractivity contribution in [2.45, 2.75) is 32.2 Å². The molecule has 1 saturated heterocycles. The maximum atomic E-state index is 13.8. The molecule has 0 spiro atoms. The fourth-order valence-corrected chi connectivity index (χ4v) is 1.88. The standard InChI is InChI=1S/C13H18FNO/c1-9(2)10-3-4-13(12(14)7-10)15-11-5-6-16-8-11/h3-4,7,9,11,15H,5-6,8H2,1-2H3. The van der Waals surface area contributed by atoms with Crippen LogP contribution in [0.5, 0.6) is 0 Å². The minimum atomic E-state index is -0.168. The smallest absolute Gasteiger partial charge is 0.146 e. The maximum absolute atomic E-state index is 13.8. The first kappa shape index (κ1) is 11.4. The lowest BCUT2D eigenvalue weighted by atomic mass is 10.0. The Kier molecular flexibility index (Phi) is 3.44. The molecule has 3 heteroatoms. The molecule has 1 aromatic carbocycles. The molecule has 0 aliphatic carbocycles. The SMILES string of the molecule is CC(C)c1ccc(NC2CCOC2)c(F)c1. The predicted molar refractivity (Wildman–Crippen MR) is 63.3 cm³/mol. The molecular formula is C13H18FNO. The van der Waals surface area contributed by atoms with Crippen LogP contribution in [0.1, 0.15) is 31.7 Å². The van der Waals surface area contributed by atoms with Gasteiger partial charge in [-0.05, 0) is 30.0 Å². The van der Waals surface area contributed by atoms with Crippen molar-refractivity contribution in [1.82, 2.24) is 0 Å². The van der Waals surface area contributed by atoms with Crippen LogP contribution in [0.15, 0.2) is 18.2 Å². The molecule has 0 aromatic heterocycles. The van der Waals surface area contributed by atoms with E-state index in [1.165, 1.54) is 0 Å². The number of benzene rings is 1. The van der Waals surface area contributed by atoms with Crippen LogP contribution in [-0.2, 0) is 4.74 Å². The zero-order valence-corrected chi connectivity index (χ0v) is 9.79. The fourth-order valence-electron chi connectivity index (χ4n) is 1.88. The van der Waals surface area contributed by atoms with E-state index >= 15 is 0 Å². The fraction of sp³-hybridized carbons (Fsp3) is 0.538. The number of hydrogen-bond acceptors (Lipinski definition) is 2. The van der Waals surface area contributed by atoms with Gasteiger partial charge >= 0.3 is 0 Å². The third-order valence-electron chi connectivity index (χ3n) is 2.95. The second-order valence-corrected chi connectivity index (χ2v) is 4.60. The summed E-state index contributed by atoms with van der Waals surface area (Å²) in [5.74, 6) is 0.191. The average molecular weight is 223 g/mol. The number of rotatable bonds is 3. The monoisotopic (exact) mass is 223 g/mol. The third-order valence-corrected chi connectivity index (χ3v) is 2.95. The number of nitrogens with one attached hydrogen (secondary N) is 1. The molecule has 2 rings (SSSR count). The Balaban J connectivity index is 2.09. The van der Waals surface area contributed by atoms with Crippen molar-refractivity contribution in [2.24, 2.45) is 0 Å². The summed E-state index contributed by atoms with van der Waals surface area (Å²) >= 11 is 0. The molecule has 0 radical (unpaired) electrons. The maximum Gasteiger partial charge on any atom is 0.146 e. The van der Waals surface area contributed by atoms with Gasteiger partial charge in [-0.1, -0.05) is 19.9 Å². The summed E-state index contributed by atoms with van der Waals surface area (Å²) < 4.78 is 19.0. The molecule has 0 amide bonds. The van der Waals surface area contributed by atoms with E-state index in [1.54, 1.807) is 6.07 Å². The van der Waals surface area contributed by atoms with Crippen LogP contribution in [0, 0.1) is 5.82 Å². The first-order valence-electron chi connectivity index (χ1n) is 5.80. The largest absolute Gasteiger partial charge is 0.379 e. The zero-order valence-electron chi connectivity index (χ0n) is 9.79. The highest BCUT2D eigenvalue weighted by Gasteiger charge is 2.16. The van der Waals surface area contributed by atoms with E-state index in [0.717, 1.165) is 18.6 Å². The van der Waals surface area contributed by atoms with Gasteiger partial charge < -0.3 is 10.1 Å². The van der Waals surface area contributed by atoms with Gasteiger partial charge in [0.1, 0.15) is 5.82 Å². The highest BCUT2D eigenvalue weighted by Crippen LogP contribution is 2.22. The molecular weight excluding hydrogens is 205 g/mol. The van der Waals surface area contributed by atoms with Gasteiger partial charge in [0.25, 0.3) is 0 Å². The van der Waals surface area contributed by atoms with Crippen LogP contribution in [0.3, 0.4) is 0 Å². The molecule has 1 aliphatic heterocycles. The van der Waals surface area contributed by atoms with Crippen LogP contribution < -0.4 is 5.32 Å². The quantitative estimate of drug-likeness (QED) is 0.850. The summed E-state index contributed by atoms with van der Waals surface area (Å²) in [4.78, 5) is 0. The van der Waals surface area contributed by atoms with Gasteiger partial charge in [-0.25, -0.2) is 4.39 Å². The van der Waals surface area contributed by atoms with Gasteiger partial charge in [0.05, 0.1) is 18.3 Å². The first-order valence-corrected chi connectivity index (χ1v) is 5.80. The van der Waals surface area contributed by atoms with Crippen LogP contribution >= 0.6 is 0 Å². The first-order chi connectivity index (χ1) is 7.66. The van der Waals surface area contributed by atoms with Crippen LogP contribution in [0.2, 0.25) is 0 Å². The molecule has 2 nitrogen and oxygen atoms in total. The molecule has 1 N–H and O–H groups in total. The van der Waals surface area contributed by atoms with Crippen molar-refractivity contribution in [3.05, 3.63) is 29.6 Å². The minimum absolute atomic E-state index is 0.168. The van der Waals surface area contributed by atoms with Gasteiger partial charge in [-0.3, -0.25) is 0 Å². The van der Waals surface area contributed by atoms with E-state index in [0.29, 0.717) is 18.2 Å². The van der Waals surface area contributed by atoms with Crippen LogP contribution in [0.4, 0.5) is 10.1 Å². The average Bonchev–Trinajstić information content (AvgIpc) is 2.73. The Morgan fingerprint density at radius 2 is 2.25 bits per heavy atom. The number of ether oxygens (including phenoxy) is 1. The van der Waals surface area contributed by atoms with Gasteiger partial charge in [-0.15, -0.1) is 0 Å². The molecule has 1 heterocycles. The van der Waals surface area contributed by atoms with Gasteiger partial charge in [0.2, 0.25) is 0 Å². The topological polar surface area (TPSA) is 21.3 Å². The second-order valence-electron chi connectivity index (χ2n) is 4.60. The normalized spacial score (nSPS) is 20.4. The van der Waals surface area contributed by atoms with E-state index in [9.17, 15) is 4.39 Å². The van der Waals surface area contributed by atoms with E-state index in [1.807, 2.05) is 12.1 Å². The zero-order chi connectivity index (χ0) is 11.5. The molecule has 1 fully saturated rings. The lowest BCUT2D eigenvalue weighted by Crippen LogP contribution is -2.19. The van der Waals surface area contributed by atoms with Gasteiger partial charge in [0.15, 0.2) is 0 Å². The van der Waals surface area contributed by atoms with E-state index < -0.39 is 0 Å². The molecule has 0 saturated carbocycles. The molecule has 16 heavy (non-hydrogen) atoms. The van der Waals surface area contributed by atoms with Crippen molar-refractivity contribution in [1.29, 1.82) is 0 Å². The van der Waals surface area contributed by atoms with Crippen LogP contribution in [-0.4, -0.2) is 19.3 Å². The molecule has 1 aliphatic rings. The summed E-state index contributed by atoms with van der Waals surface area (Å²) in [5.41, 5.74) is 1.62. The summed E-state index contributed by atoms with van der Waals surface area (Å²) in [6.07, 6.45) is 0.950. The van der Waals surface area contributed by atoms with Crippen molar-refractivity contribution in [2.75, 3.05) is 18.5 Å². The predicted octanol–water partition coefficient (Wildman–Crippen LogP) is 3.15. The number of anilines is 1. The number of hydrogen-bond donors (Lipinski definition) is 1. The highest BCUT2D eigenvalue weighted by molar-refractivity contribution is 5.47. The van der Waals surface area contributed by atoms with Crippen molar-refractivity contribution in [3.8, 4) is 0 Å². The summed E-state index contributed by atoms with van der Waals surface area (Å²) in [6.45, 7) is 5.56. The third kappa shape index (κ3) is 2.53. The molecule has 1 unspecified atom stereocenters. The Hall–Kier alpha value is -1.09. The van der Waals surface area contributed by atoms with Crippen molar-refractivity contribution in [3.63, 3.8) is 0 Å². The minimum Gasteiger partial charge on any atom is -0.379 e. The Morgan fingerprint density at radius 1 is 1.44 bits per heavy atom. The lowest BCUT2D eigenvalue weighted by Gasteiger charge is -2.14. The highest BCUT2D eigenvalue weighted by atomic mass is 19.1. The molecule has 1 aromatic rings. The van der Waals surface area contributed by atoms with Crippen molar-refractivity contribution < 1.29 is 9.13 Å². The van der Waals surface area contributed by atoms with Gasteiger partial charge in [0, 0.05) is 6.61 Å². The lowest BCUT2D eigenvalue weighted by molar-refractivity contribution is 0.195. The number of halogens is 1. The summed E-state index contributed by atoms with van der Waals surface area (Å²) in [5, 5.41) is 3.18. The molecule has 0 bridgehead atoms. The van der Waals surface area contributed by atoms with Crippen molar-refractivity contribution >= 4 is 5.69 Å². The van der Waals surface area contributed by atoms with Crippen LogP contribution in [0.25, 0.3) is 0 Å². The van der Waals surface area contributed by atoms with Gasteiger partial charge in [-0.2, -0.15) is 0 Å². The second kappa shape index (κ2) is 4.83. The summed E-state index contributed by atoms with van der Waals surface area (Å²) in [6, 6.07) is 5.66. The van der Waals surface area contributed by atoms with E-state index in [-0.39, 0.29) is 11.9 Å². The summed E-state index contributed by atoms with van der Waals surface area (Å²) in [7, 11) is 0. The Bertz CT molecular complexity index is 359. The Morgan fingerprint density at radius 3 is 2.81 bits per heavy atom. The van der Waals surface area contributed by atoms with E-state index in [2.05, 4.69) is 19.2 Å². The molecule has 88 valence electrons.